The van der Waals surface area contributed by atoms with Crippen LogP contribution >= 0.6 is 11.3 Å². The molecule has 0 saturated heterocycles. The van der Waals surface area contributed by atoms with Crippen molar-refractivity contribution in [3.63, 3.8) is 0 Å². The molecular weight excluding hydrogens is 447 g/mol. The van der Waals surface area contributed by atoms with Gasteiger partial charge in [0.25, 0.3) is 0 Å². The highest BCUT2D eigenvalue weighted by atomic mass is 32.1. The fourth-order valence-electron chi connectivity index (χ4n) is 3.63. The summed E-state index contributed by atoms with van der Waals surface area (Å²) < 4.78 is 13.4. The molecule has 34 heavy (non-hydrogen) atoms. The fraction of sp³-hybridized carbons (Fsp3) is 0.143. The minimum absolute atomic E-state index is 0.0579. The Morgan fingerprint density at radius 2 is 1.56 bits per heavy atom. The van der Waals surface area contributed by atoms with Gasteiger partial charge in [0.05, 0.1) is 19.4 Å². The summed E-state index contributed by atoms with van der Waals surface area (Å²) in [6.07, 6.45) is 0.491. The van der Waals surface area contributed by atoms with Crippen LogP contribution < -0.4 is 10.2 Å². The number of rotatable bonds is 9. The van der Waals surface area contributed by atoms with Crippen molar-refractivity contribution in [1.82, 2.24) is 5.32 Å². The number of hydrogen-bond donors (Lipinski definition) is 1. The van der Waals surface area contributed by atoms with Crippen molar-refractivity contribution >= 4 is 28.8 Å². The number of nitrogens with one attached hydrogen (secondary N) is 1. The predicted octanol–water partition coefficient (Wildman–Crippen LogP) is 5.52. The van der Waals surface area contributed by atoms with Crippen LogP contribution in [0.1, 0.15) is 21.6 Å². The van der Waals surface area contributed by atoms with Gasteiger partial charge in [0.1, 0.15) is 5.82 Å². The number of carbonyl (C=O) groups is 2. The molecule has 0 unspecified atom stereocenters. The van der Waals surface area contributed by atoms with E-state index in [0.29, 0.717) is 18.8 Å². The molecule has 6 heteroatoms. The molecular formula is C28H25FN2O2S. The fourth-order valence-corrected chi connectivity index (χ4v) is 4.33. The Morgan fingerprint density at radius 1 is 0.794 bits per heavy atom. The largest absolute Gasteiger partial charge is 0.352 e. The molecule has 3 aromatic carbocycles. The van der Waals surface area contributed by atoms with Gasteiger partial charge in [-0.1, -0.05) is 60.7 Å². The van der Waals surface area contributed by atoms with E-state index >= 15 is 0 Å². The summed E-state index contributed by atoms with van der Waals surface area (Å²) in [7, 11) is 0. The summed E-state index contributed by atoms with van der Waals surface area (Å²) in [4.78, 5) is 28.4. The maximum Gasteiger partial charge on any atom is 0.232 e. The highest BCUT2D eigenvalue weighted by molar-refractivity contribution is 7.10. The van der Waals surface area contributed by atoms with Gasteiger partial charge < -0.3 is 10.2 Å². The maximum atomic E-state index is 13.4. The third-order valence-corrected chi connectivity index (χ3v) is 6.26. The van der Waals surface area contributed by atoms with Crippen molar-refractivity contribution in [3.05, 3.63) is 124 Å². The lowest BCUT2D eigenvalue weighted by Crippen LogP contribution is -2.31. The number of thiophene rings is 1. The van der Waals surface area contributed by atoms with Gasteiger partial charge in [0, 0.05) is 17.1 Å². The SMILES string of the molecule is O=C(Cc1cccc(N(Cc2ccc(F)cc2)C(=O)Cc2cccs2)c1)NCc1ccccc1. The van der Waals surface area contributed by atoms with Crippen LogP contribution in [-0.4, -0.2) is 11.8 Å². The Morgan fingerprint density at radius 3 is 2.29 bits per heavy atom. The van der Waals surface area contributed by atoms with E-state index in [0.717, 1.165) is 21.6 Å². The summed E-state index contributed by atoms with van der Waals surface area (Å²) in [5.74, 6) is -0.461. The quantitative estimate of drug-likeness (QED) is 0.349. The van der Waals surface area contributed by atoms with E-state index in [1.54, 1.807) is 17.0 Å². The summed E-state index contributed by atoms with van der Waals surface area (Å²) in [6.45, 7) is 0.781. The van der Waals surface area contributed by atoms with Crippen molar-refractivity contribution in [2.24, 2.45) is 0 Å². The van der Waals surface area contributed by atoms with Crippen LogP contribution in [0.15, 0.2) is 96.4 Å². The van der Waals surface area contributed by atoms with Crippen LogP contribution in [0.3, 0.4) is 0 Å². The summed E-state index contributed by atoms with van der Waals surface area (Å²) in [5, 5.41) is 4.89. The van der Waals surface area contributed by atoms with Crippen LogP contribution in [0.5, 0.6) is 0 Å². The van der Waals surface area contributed by atoms with Crippen LogP contribution in [0.4, 0.5) is 10.1 Å². The van der Waals surface area contributed by atoms with Gasteiger partial charge in [-0.3, -0.25) is 9.59 Å². The first-order valence-electron chi connectivity index (χ1n) is 11.0. The lowest BCUT2D eigenvalue weighted by atomic mass is 10.1. The van der Waals surface area contributed by atoms with E-state index in [1.807, 2.05) is 72.1 Å². The Hall–Kier alpha value is -3.77. The molecule has 0 fully saturated rings. The molecule has 1 N–H and O–H groups in total. The molecule has 1 aromatic heterocycles. The number of nitrogens with zero attached hydrogens (tertiary/aromatic N) is 1. The molecule has 0 aliphatic carbocycles. The molecule has 0 radical (unpaired) electrons. The van der Waals surface area contributed by atoms with E-state index in [2.05, 4.69) is 5.32 Å². The topological polar surface area (TPSA) is 49.4 Å². The normalized spacial score (nSPS) is 10.6. The highest BCUT2D eigenvalue weighted by Crippen LogP contribution is 2.22. The van der Waals surface area contributed by atoms with Crippen molar-refractivity contribution < 1.29 is 14.0 Å². The highest BCUT2D eigenvalue weighted by Gasteiger charge is 2.18. The molecule has 0 bridgehead atoms. The summed E-state index contributed by atoms with van der Waals surface area (Å²) >= 11 is 1.54. The average molecular weight is 473 g/mol. The third-order valence-electron chi connectivity index (χ3n) is 5.38. The molecule has 4 aromatic rings. The third kappa shape index (κ3) is 6.62. The van der Waals surface area contributed by atoms with Crippen LogP contribution in [0.25, 0.3) is 0 Å². The Balaban J connectivity index is 1.49. The standard InChI is InChI=1S/C28H25FN2O2S/c29-24-13-11-22(12-14-24)20-31(28(33)18-26-10-5-15-34-26)25-9-4-8-23(16-25)17-27(32)30-19-21-6-2-1-3-7-21/h1-16H,17-20H2,(H,30,32). The van der Waals surface area contributed by atoms with Gasteiger partial charge in [-0.15, -0.1) is 11.3 Å². The van der Waals surface area contributed by atoms with Gasteiger partial charge in [-0.2, -0.15) is 0 Å². The average Bonchev–Trinajstić information content (AvgIpc) is 3.36. The Labute approximate surface area is 202 Å². The van der Waals surface area contributed by atoms with Crippen LogP contribution in [-0.2, 0) is 35.5 Å². The number of halogens is 1. The Kier molecular flexibility index (Phi) is 7.83. The second-order valence-corrected chi connectivity index (χ2v) is 9.00. The van der Waals surface area contributed by atoms with Crippen molar-refractivity contribution in [2.75, 3.05) is 4.90 Å². The van der Waals surface area contributed by atoms with Crippen molar-refractivity contribution in [2.45, 2.75) is 25.9 Å². The first-order valence-corrected chi connectivity index (χ1v) is 11.9. The predicted molar refractivity (Wildman–Crippen MR) is 134 cm³/mol. The van der Waals surface area contributed by atoms with Gasteiger partial charge in [-0.05, 0) is 52.4 Å². The molecule has 0 aliphatic rings. The number of benzene rings is 3. The molecule has 1 heterocycles. The maximum absolute atomic E-state index is 13.4. The van der Waals surface area contributed by atoms with E-state index in [-0.39, 0.29) is 30.5 Å². The van der Waals surface area contributed by atoms with E-state index in [1.165, 1.54) is 23.5 Å². The molecule has 0 aliphatic heterocycles. The second-order valence-electron chi connectivity index (χ2n) is 7.97. The molecule has 2 amide bonds. The molecule has 4 rings (SSSR count). The number of carbonyl (C=O) groups excluding carboxylic acids is 2. The minimum atomic E-state index is -0.316. The molecule has 4 nitrogen and oxygen atoms in total. The molecule has 0 saturated carbocycles. The van der Waals surface area contributed by atoms with Crippen molar-refractivity contribution in [1.29, 1.82) is 0 Å². The van der Waals surface area contributed by atoms with Gasteiger partial charge >= 0.3 is 0 Å². The van der Waals surface area contributed by atoms with Gasteiger partial charge in [0.2, 0.25) is 11.8 Å². The van der Waals surface area contributed by atoms with Crippen LogP contribution in [0, 0.1) is 5.82 Å². The summed E-state index contributed by atoms with van der Waals surface area (Å²) in [5.41, 5.74) is 3.39. The molecule has 0 atom stereocenters. The van der Waals surface area contributed by atoms with Crippen molar-refractivity contribution in [3.8, 4) is 0 Å². The van der Waals surface area contributed by atoms with E-state index < -0.39 is 0 Å². The molecule has 0 spiro atoms. The lowest BCUT2D eigenvalue weighted by molar-refractivity contribution is -0.120. The zero-order chi connectivity index (χ0) is 23.8. The number of hydrogen-bond acceptors (Lipinski definition) is 3. The monoisotopic (exact) mass is 472 g/mol. The Bertz CT molecular complexity index is 1230. The van der Waals surface area contributed by atoms with Gasteiger partial charge in [-0.25, -0.2) is 4.39 Å². The van der Waals surface area contributed by atoms with E-state index in [4.69, 9.17) is 0 Å². The number of anilines is 1. The minimum Gasteiger partial charge on any atom is -0.352 e. The lowest BCUT2D eigenvalue weighted by Gasteiger charge is -2.24. The first kappa shape index (κ1) is 23.4. The number of amides is 2. The zero-order valence-electron chi connectivity index (χ0n) is 18.6. The summed E-state index contributed by atoms with van der Waals surface area (Å²) in [6, 6.07) is 27.2. The first-order chi connectivity index (χ1) is 16.6. The zero-order valence-corrected chi connectivity index (χ0v) is 19.4. The van der Waals surface area contributed by atoms with E-state index in [9.17, 15) is 14.0 Å². The smallest absolute Gasteiger partial charge is 0.232 e. The van der Waals surface area contributed by atoms with Crippen LogP contribution in [0.2, 0.25) is 0 Å². The second kappa shape index (κ2) is 11.4. The molecule has 172 valence electrons. The van der Waals surface area contributed by atoms with Gasteiger partial charge in [0.15, 0.2) is 0 Å².